The quantitative estimate of drug-likeness (QED) is 0.888. The Hall–Kier alpha value is -2.30. The van der Waals surface area contributed by atoms with Crippen LogP contribution in [0.25, 0.3) is 0 Å². The van der Waals surface area contributed by atoms with Crippen LogP contribution in [0.3, 0.4) is 0 Å². The van der Waals surface area contributed by atoms with E-state index in [1.807, 2.05) is 18.2 Å². The van der Waals surface area contributed by atoms with E-state index in [2.05, 4.69) is 32.4 Å². The van der Waals surface area contributed by atoms with Crippen LogP contribution in [0.15, 0.2) is 47.2 Å². The van der Waals surface area contributed by atoms with Crippen LogP contribution in [-0.4, -0.2) is 11.2 Å². The molecule has 2 amide bonds. The largest absolute Gasteiger partial charge is 0.363 e. The normalized spacial score (nSPS) is 16.4. The van der Waals surface area contributed by atoms with Gasteiger partial charge in [-0.3, -0.25) is 5.32 Å². The van der Waals surface area contributed by atoms with Crippen molar-refractivity contribution in [2.24, 2.45) is 0 Å². The summed E-state index contributed by atoms with van der Waals surface area (Å²) in [5.41, 5.74) is 0.909. The lowest BCUT2D eigenvalue weighted by Gasteiger charge is -2.42. The molecule has 0 atom stereocenters. The second-order valence-corrected chi connectivity index (χ2v) is 4.77. The number of benzene rings is 1. The van der Waals surface area contributed by atoms with E-state index in [0.717, 1.165) is 24.8 Å². The van der Waals surface area contributed by atoms with E-state index >= 15 is 0 Å². The molecule has 0 saturated heterocycles. The predicted octanol–water partition coefficient (Wildman–Crippen LogP) is 2.88. The molecule has 98 valence electrons. The number of carbonyl (C=O) groups is 1. The Labute approximate surface area is 111 Å². The summed E-state index contributed by atoms with van der Waals surface area (Å²) in [5, 5.41) is 9.37. The molecule has 2 N–H and O–H groups in total. The number of amides is 2. The lowest BCUT2D eigenvalue weighted by Crippen LogP contribution is -2.52. The lowest BCUT2D eigenvalue weighted by molar-refractivity contribution is 0.185. The van der Waals surface area contributed by atoms with Crippen molar-refractivity contribution in [3.63, 3.8) is 0 Å². The van der Waals surface area contributed by atoms with E-state index in [-0.39, 0.29) is 11.6 Å². The highest BCUT2D eigenvalue weighted by Gasteiger charge is 2.39. The maximum atomic E-state index is 12.0. The van der Waals surface area contributed by atoms with Crippen LogP contribution in [0.2, 0.25) is 0 Å². The summed E-state index contributed by atoms with van der Waals surface area (Å²) in [6.45, 7) is 0. The maximum Gasteiger partial charge on any atom is 0.321 e. The summed E-state index contributed by atoms with van der Waals surface area (Å²) < 4.78 is 4.68. The van der Waals surface area contributed by atoms with Gasteiger partial charge in [0.05, 0.1) is 5.54 Å². The zero-order valence-electron chi connectivity index (χ0n) is 10.4. The van der Waals surface area contributed by atoms with Crippen LogP contribution in [0.4, 0.5) is 10.6 Å². The fourth-order valence-corrected chi connectivity index (χ4v) is 2.42. The molecule has 5 nitrogen and oxygen atoms in total. The molecule has 1 heterocycles. The van der Waals surface area contributed by atoms with Gasteiger partial charge in [0.15, 0.2) is 5.82 Å². The summed E-state index contributed by atoms with van der Waals surface area (Å²) >= 11 is 0. The molecular formula is C14H15N3O2. The highest BCUT2D eigenvalue weighted by atomic mass is 16.5. The summed E-state index contributed by atoms with van der Waals surface area (Å²) in [6, 6.07) is 11.4. The maximum absolute atomic E-state index is 12.0. The van der Waals surface area contributed by atoms with Crippen molar-refractivity contribution in [3.05, 3.63) is 48.2 Å². The summed E-state index contributed by atoms with van der Waals surface area (Å²) in [5.74, 6) is 0.417. The standard InChI is InChI=1S/C14H15N3O2/c18-13(15-12-7-10-19-17-12)16-14(8-4-9-14)11-5-2-1-3-6-11/h1-3,5-7,10H,4,8-9H2,(H2,15,16,17,18). The minimum absolute atomic E-state index is 0.241. The van der Waals surface area contributed by atoms with Gasteiger partial charge in [-0.05, 0) is 24.8 Å². The Balaban J connectivity index is 1.72. The molecule has 19 heavy (non-hydrogen) atoms. The molecule has 1 saturated carbocycles. The smallest absolute Gasteiger partial charge is 0.321 e. The summed E-state index contributed by atoms with van der Waals surface area (Å²) in [4.78, 5) is 12.0. The van der Waals surface area contributed by atoms with Crippen molar-refractivity contribution < 1.29 is 9.32 Å². The van der Waals surface area contributed by atoms with Crippen molar-refractivity contribution in [2.75, 3.05) is 5.32 Å². The average molecular weight is 257 g/mol. The predicted molar refractivity (Wildman–Crippen MR) is 70.6 cm³/mol. The molecule has 5 heteroatoms. The number of aromatic nitrogens is 1. The number of urea groups is 1. The Bertz CT molecular complexity index is 547. The Morgan fingerprint density at radius 2 is 2.00 bits per heavy atom. The van der Waals surface area contributed by atoms with Gasteiger partial charge in [0, 0.05) is 6.07 Å². The second-order valence-electron chi connectivity index (χ2n) is 4.77. The molecule has 2 aromatic rings. The van der Waals surface area contributed by atoms with Gasteiger partial charge >= 0.3 is 6.03 Å². The molecule has 0 radical (unpaired) electrons. The van der Waals surface area contributed by atoms with Crippen LogP contribution >= 0.6 is 0 Å². The van der Waals surface area contributed by atoms with Crippen molar-refractivity contribution in [1.29, 1.82) is 0 Å². The molecule has 0 unspecified atom stereocenters. The molecule has 1 aromatic carbocycles. The van der Waals surface area contributed by atoms with E-state index in [0.29, 0.717) is 5.82 Å². The van der Waals surface area contributed by atoms with E-state index < -0.39 is 0 Å². The fourth-order valence-electron chi connectivity index (χ4n) is 2.42. The minimum atomic E-state index is -0.252. The monoisotopic (exact) mass is 257 g/mol. The third kappa shape index (κ3) is 2.31. The fraction of sp³-hybridized carbons (Fsp3) is 0.286. The third-order valence-corrected chi connectivity index (χ3v) is 3.57. The molecule has 3 rings (SSSR count). The topological polar surface area (TPSA) is 67.2 Å². The Kier molecular flexibility index (Phi) is 2.95. The average Bonchev–Trinajstić information content (AvgIpc) is 2.88. The number of nitrogens with one attached hydrogen (secondary N) is 2. The van der Waals surface area contributed by atoms with Crippen molar-refractivity contribution in [1.82, 2.24) is 10.5 Å². The number of rotatable bonds is 3. The molecular weight excluding hydrogens is 242 g/mol. The first-order valence-corrected chi connectivity index (χ1v) is 6.34. The van der Waals surface area contributed by atoms with Crippen LogP contribution in [-0.2, 0) is 5.54 Å². The van der Waals surface area contributed by atoms with Gasteiger partial charge in [0.25, 0.3) is 0 Å². The van der Waals surface area contributed by atoms with Crippen LogP contribution in [0.5, 0.6) is 0 Å². The van der Waals surface area contributed by atoms with E-state index in [1.54, 1.807) is 6.07 Å². The summed E-state index contributed by atoms with van der Waals surface area (Å²) in [7, 11) is 0. The molecule has 1 aliphatic carbocycles. The Morgan fingerprint density at radius 1 is 1.21 bits per heavy atom. The van der Waals surface area contributed by atoms with E-state index in [9.17, 15) is 4.79 Å². The zero-order valence-corrected chi connectivity index (χ0v) is 10.4. The highest BCUT2D eigenvalue weighted by molar-refractivity contribution is 5.88. The van der Waals surface area contributed by atoms with Gasteiger partial charge in [-0.1, -0.05) is 35.5 Å². The number of anilines is 1. The summed E-state index contributed by atoms with van der Waals surface area (Å²) in [6.07, 6.45) is 4.47. The van der Waals surface area contributed by atoms with Gasteiger partial charge in [-0.25, -0.2) is 4.79 Å². The number of hydrogen-bond acceptors (Lipinski definition) is 3. The first kappa shape index (κ1) is 11.8. The zero-order chi connectivity index (χ0) is 13.1. The molecule has 0 bridgehead atoms. The Morgan fingerprint density at radius 3 is 2.58 bits per heavy atom. The number of hydrogen-bond donors (Lipinski definition) is 2. The number of nitrogens with zero attached hydrogens (tertiary/aromatic N) is 1. The van der Waals surface area contributed by atoms with Crippen LogP contribution in [0.1, 0.15) is 24.8 Å². The molecule has 1 aliphatic rings. The SMILES string of the molecule is O=C(Nc1ccon1)NC1(c2ccccc2)CCC1. The molecule has 0 spiro atoms. The minimum Gasteiger partial charge on any atom is -0.363 e. The van der Waals surface area contributed by atoms with Gasteiger partial charge in [-0.2, -0.15) is 0 Å². The third-order valence-electron chi connectivity index (χ3n) is 3.57. The lowest BCUT2D eigenvalue weighted by atomic mass is 9.72. The van der Waals surface area contributed by atoms with Crippen LogP contribution < -0.4 is 10.6 Å². The molecule has 1 aromatic heterocycles. The van der Waals surface area contributed by atoms with Gasteiger partial charge in [0.1, 0.15) is 6.26 Å². The van der Waals surface area contributed by atoms with Crippen molar-refractivity contribution in [2.45, 2.75) is 24.8 Å². The molecule has 0 aliphatic heterocycles. The highest BCUT2D eigenvalue weighted by Crippen LogP contribution is 2.41. The van der Waals surface area contributed by atoms with Gasteiger partial charge in [0.2, 0.25) is 0 Å². The van der Waals surface area contributed by atoms with Gasteiger partial charge in [-0.15, -0.1) is 0 Å². The first-order valence-electron chi connectivity index (χ1n) is 6.34. The van der Waals surface area contributed by atoms with E-state index in [1.165, 1.54) is 6.26 Å². The number of carbonyl (C=O) groups excluding carboxylic acids is 1. The molecule has 1 fully saturated rings. The van der Waals surface area contributed by atoms with Gasteiger partial charge < -0.3 is 9.84 Å². The first-order chi connectivity index (χ1) is 9.28. The van der Waals surface area contributed by atoms with Crippen molar-refractivity contribution in [3.8, 4) is 0 Å². The van der Waals surface area contributed by atoms with Crippen molar-refractivity contribution >= 4 is 11.8 Å². The van der Waals surface area contributed by atoms with E-state index in [4.69, 9.17) is 0 Å². The van der Waals surface area contributed by atoms with Crippen LogP contribution in [0, 0.1) is 0 Å². The second kappa shape index (κ2) is 4.76.